The molecule has 2 aromatic carbocycles. The number of benzene rings is 2. The van der Waals surface area contributed by atoms with Gasteiger partial charge in [0.15, 0.2) is 10.6 Å². The summed E-state index contributed by atoms with van der Waals surface area (Å²) in [6.07, 6.45) is 0.349. The molecule has 0 fully saturated rings. The van der Waals surface area contributed by atoms with Crippen molar-refractivity contribution in [3.8, 4) is 11.4 Å². The van der Waals surface area contributed by atoms with Gasteiger partial charge in [-0.1, -0.05) is 48.0 Å². The number of aromatic amines is 1. The summed E-state index contributed by atoms with van der Waals surface area (Å²) in [5.74, 6) is 0.751. The van der Waals surface area contributed by atoms with E-state index in [9.17, 15) is 4.79 Å². The van der Waals surface area contributed by atoms with Crippen LogP contribution in [-0.2, 0) is 11.3 Å². The second-order valence-electron chi connectivity index (χ2n) is 6.73. The lowest BCUT2D eigenvalue weighted by Gasteiger charge is -2.19. The van der Waals surface area contributed by atoms with Crippen molar-refractivity contribution in [1.82, 2.24) is 20.1 Å². The molecule has 7 heteroatoms. The molecule has 1 amide bonds. The lowest BCUT2D eigenvalue weighted by atomic mass is 10.1. The molecule has 6 nitrogen and oxygen atoms in total. The van der Waals surface area contributed by atoms with E-state index in [1.165, 1.54) is 5.56 Å². The van der Waals surface area contributed by atoms with Crippen molar-refractivity contribution in [3.63, 3.8) is 0 Å². The Balaban J connectivity index is 1.52. The second-order valence-corrected chi connectivity index (χ2v) is 7.11. The molecule has 146 valence electrons. The Morgan fingerprint density at radius 3 is 2.61 bits per heavy atom. The monoisotopic (exact) mass is 395 g/mol. The standard InChI is InChI=1S/C21H25N5OS/c1-16-8-10-17(11-9-16)20-23-24-21(28)26(20)14-12-19(27)22-13-15-25(2)18-6-4-3-5-7-18/h3-11H,12-15H2,1-2H3,(H,22,27)(H,24,28). The second kappa shape index (κ2) is 9.32. The molecule has 0 atom stereocenters. The number of H-pyrrole nitrogens is 1. The van der Waals surface area contributed by atoms with Gasteiger partial charge in [-0.25, -0.2) is 0 Å². The summed E-state index contributed by atoms with van der Waals surface area (Å²) in [5, 5.41) is 10.1. The van der Waals surface area contributed by atoms with Crippen LogP contribution in [0.2, 0.25) is 0 Å². The average Bonchev–Trinajstić information content (AvgIpc) is 3.08. The first kappa shape index (κ1) is 19.8. The normalized spacial score (nSPS) is 10.6. The Morgan fingerprint density at radius 1 is 1.18 bits per heavy atom. The number of anilines is 1. The van der Waals surface area contributed by atoms with Gasteiger partial charge in [0.25, 0.3) is 0 Å². The molecule has 0 aliphatic rings. The SMILES string of the molecule is Cc1ccc(-c2n[nH]c(=S)n2CCC(=O)NCCN(C)c2ccccc2)cc1. The van der Waals surface area contributed by atoms with Gasteiger partial charge >= 0.3 is 0 Å². The zero-order chi connectivity index (χ0) is 19.9. The molecule has 0 bridgehead atoms. The van der Waals surface area contributed by atoms with E-state index in [1.807, 2.05) is 61.0 Å². The van der Waals surface area contributed by atoms with Gasteiger partial charge in [-0.15, -0.1) is 0 Å². The van der Waals surface area contributed by atoms with Crippen molar-refractivity contribution in [2.75, 3.05) is 25.0 Å². The van der Waals surface area contributed by atoms with Crippen molar-refractivity contribution in [2.45, 2.75) is 19.9 Å². The van der Waals surface area contributed by atoms with E-state index in [0.717, 1.165) is 23.6 Å². The topological polar surface area (TPSA) is 66.0 Å². The van der Waals surface area contributed by atoms with E-state index in [4.69, 9.17) is 12.2 Å². The molecule has 0 saturated carbocycles. The number of para-hydroxylation sites is 1. The van der Waals surface area contributed by atoms with Crippen LogP contribution in [0.15, 0.2) is 54.6 Å². The van der Waals surface area contributed by atoms with Gasteiger partial charge in [-0.2, -0.15) is 5.10 Å². The number of hydrogen-bond donors (Lipinski definition) is 2. The Morgan fingerprint density at radius 2 is 1.89 bits per heavy atom. The minimum absolute atomic E-state index is 0.000539. The van der Waals surface area contributed by atoms with E-state index in [-0.39, 0.29) is 5.91 Å². The maximum atomic E-state index is 12.3. The third kappa shape index (κ3) is 5.07. The Labute approximate surface area is 170 Å². The average molecular weight is 396 g/mol. The van der Waals surface area contributed by atoms with Crippen molar-refractivity contribution in [1.29, 1.82) is 0 Å². The predicted octanol–water partition coefficient (Wildman–Crippen LogP) is 3.56. The molecular formula is C21H25N5OS. The quantitative estimate of drug-likeness (QED) is 0.573. The highest BCUT2D eigenvalue weighted by Crippen LogP contribution is 2.18. The minimum Gasteiger partial charge on any atom is -0.373 e. The van der Waals surface area contributed by atoms with E-state index in [1.54, 1.807) is 0 Å². The lowest BCUT2D eigenvalue weighted by Crippen LogP contribution is -2.33. The third-order valence-electron chi connectivity index (χ3n) is 4.60. The van der Waals surface area contributed by atoms with Crippen LogP contribution in [0, 0.1) is 11.7 Å². The number of hydrogen-bond acceptors (Lipinski definition) is 4. The van der Waals surface area contributed by atoms with Crippen LogP contribution in [-0.4, -0.2) is 40.8 Å². The number of nitrogens with zero attached hydrogens (tertiary/aromatic N) is 3. The highest BCUT2D eigenvalue weighted by Gasteiger charge is 2.11. The molecule has 1 aromatic heterocycles. The van der Waals surface area contributed by atoms with Gasteiger partial charge in [-0.05, 0) is 31.3 Å². The molecule has 0 aliphatic carbocycles. The first-order valence-electron chi connectivity index (χ1n) is 9.30. The summed E-state index contributed by atoms with van der Waals surface area (Å²) in [6, 6.07) is 18.2. The highest BCUT2D eigenvalue weighted by molar-refractivity contribution is 7.71. The smallest absolute Gasteiger partial charge is 0.221 e. The Kier molecular flexibility index (Phi) is 6.60. The molecular weight excluding hydrogens is 370 g/mol. The summed E-state index contributed by atoms with van der Waals surface area (Å²) < 4.78 is 2.39. The maximum absolute atomic E-state index is 12.3. The van der Waals surface area contributed by atoms with Crippen molar-refractivity contribution in [2.24, 2.45) is 0 Å². The fourth-order valence-electron chi connectivity index (χ4n) is 2.92. The number of carbonyl (C=O) groups excluding carboxylic acids is 1. The zero-order valence-corrected chi connectivity index (χ0v) is 17.0. The molecule has 0 spiro atoms. The largest absolute Gasteiger partial charge is 0.373 e. The summed E-state index contributed by atoms with van der Waals surface area (Å²) in [7, 11) is 2.01. The summed E-state index contributed by atoms with van der Waals surface area (Å²) >= 11 is 5.33. The Bertz CT molecular complexity index is 962. The molecule has 0 aliphatic heterocycles. The fraction of sp³-hybridized carbons (Fsp3) is 0.286. The van der Waals surface area contributed by atoms with Gasteiger partial charge < -0.3 is 10.2 Å². The Hall–Kier alpha value is -2.93. The van der Waals surface area contributed by atoms with Crippen LogP contribution in [0.1, 0.15) is 12.0 Å². The van der Waals surface area contributed by atoms with Crippen LogP contribution in [0.3, 0.4) is 0 Å². The highest BCUT2D eigenvalue weighted by atomic mass is 32.1. The van der Waals surface area contributed by atoms with Crippen LogP contribution < -0.4 is 10.2 Å². The molecule has 0 radical (unpaired) electrons. The van der Waals surface area contributed by atoms with Crippen LogP contribution >= 0.6 is 12.2 Å². The molecule has 28 heavy (non-hydrogen) atoms. The summed E-state index contributed by atoms with van der Waals surface area (Å²) in [4.78, 5) is 14.4. The summed E-state index contributed by atoms with van der Waals surface area (Å²) in [6.45, 7) is 3.86. The number of carbonyl (C=O) groups is 1. The molecule has 3 aromatic rings. The summed E-state index contributed by atoms with van der Waals surface area (Å²) in [5.41, 5.74) is 3.29. The fourth-order valence-corrected chi connectivity index (χ4v) is 3.15. The van der Waals surface area contributed by atoms with Gasteiger partial charge in [0.2, 0.25) is 5.91 Å². The van der Waals surface area contributed by atoms with Gasteiger partial charge in [0, 0.05) is 44.4 Å². The molecule has 0 saturated heterocycles. The van der Waals surface area contributed by atoms with Gasteiger partial charge in [-0.3, -0.25) is 14.5 Å². The minimum atomic E-state index is -0.000539. The first-order chi connectivity index (χ1) is 13.5. The van der Waals surface area contributed by atoms with Crippen LogP contribution in [0.25, 0.3) is 11.4 Å². The number of amides is 1. The number of aromatic nitrogens is 3. The van der Waals surface area contributed by atoms with Crippen molar-refractivity contribution < 1.29 is 4.79 Å². The van der Waals surface area contributed by atoms with E-state index in [2.05, 4.69) is 32.5 Å². The lowest BCUT2D eigenvalue weighted by molar-refractivity contribution is -0.121. The van der Waals surface area contributed by atoms with E-state index in [0.29, 0.717) is 24.3 Å². The number of aryl methyl sites for hydroxylation is 1. The number of likely N-dealkylation sites (N-methyl/N-ethyl adjacent to an activating group) is 1. The van der Waals surface area contributed by atoms with Crippen molar-refractivity contribution in [3.05, 3.63) is 64.9 Å². The van der Waals surface area contributed by atoms with Crippen LogP contribution in [0.4, 0.5) is 5.69 Å². The molecule has 0 unspecified atom stereocenters. The maximum Gasteiger partial charge on any atom is 0.221 e. The molecule has 2 N–H and O–H groups in total. The zero-order valence-electron chi connectivity index (χ0n) is 16.2. The van der Waals surface area contributed by atoms with Crippen molar-refractivity contribution >= 4 is 23.8 Å². The predicted molar refractivity (Wildman–Crippen MR) is 115 cm³/mol. The van der Waals surface area contributed by atoms with Crippen LogP contribution in [0.5, 0.6) is 0 Å². The van der Waals surface area contributed by atoms with Gasteiger partial charge in [0.05, 0.1) is 0 Å². The number of nitrogens with one attached hydrogen (secondary N) is 2. The van der Waals surface area contributed by atoms with Gasteiger partial charge in [0.1, 0.15) is 0 Å². The number of rotatable bonds is 8. The molecule has 3 rings (SSSR count). The molecule has 1 heterocycles. The van der Waals surface area contributed by atoms with E-state index < -0.39 is 0 Å². The third-order valence-corrected chi connectivity index (χ3v) is 4.91. The first-order valence-corrected chi connectivity index (χ1v) is 9.70. The van der Waals surface area contributed by atoms with E-state index >= 15 is 0 Å².